The van der Waals surface area contributed by atoms with Gasteiger partial charge in [0.1, 0.15) is 6.04 Å². The molecule has 1 unspecified atom stereocenters. The molecule has 14 heavy (non-hydrogen) atoms. The lowest BCUT2D eigenvalue weighted by molar-refractivity contribution is 0.0916. The SMILES string of the molecule is CCC(C#N)NC(=O)c1ocnc1C. The number of carbonyl (C=O) groups is 1. The maximum Gasteiger partial charge on any atom is 0.290 e. The van der Waals surface area contributed by atoms with E-state index >= 15 is 0 Å². The molecule has 5 nitrogen and oxygen atoms in total. The number of carbonyl (C=O) groups excluding carboxylic acids is 1. The molecule has 0 radical (unpaired) electrons. The van der Waals surface area contributed by atoms with Gasteiger partial charge in [0.05, 0.1) is 11.8 Å². The van der Waals surface area contributed by atoms with Crippen LogP contribution in [0.4, 0.5) is 0 Å². The van der Waals surface area contributed by atoms with Gasteiger partial charge in [0.15, 0.2) is 6.39 Å². The molecule has 0 bridgehead atoms. The van der Waals surface area contributed by atoms with E-state index in [1.54, 1.807) is 6.92 Å². The molecule has 1 N–H and O–H groups in total. The van der Waals surface area contributed by atoms with Gasteiger partial charge in [-0.15, -0.1) is 0 Å². The zero-order valence-corrected chi connectivity index (χ0v) is 8.07. The van der Waals surface area contributed by atoms with Gasteiger partial charge in [0.25, 0.3) is 5.91 Å². The first-order valence-corrected chi connectivity index (χ1v) is 4.29. The Kier molecular flexibility index (Phi) is 3.24. The molecule has 0 aliphatic carbocycles. The van der Waals surface area contributed by atoms with Gasteiger partial charge < -0.3 is 9.73 Å². The van der Waals surface area contributed by atoms with Crippen molar-refractivity contribution in [3.8, 4) is 6.07 Å². The van der Waals surface area contributed by atoms with Gasteiger partial charge in [-0.1, -0.05) is 6.92 Å². The van der Waals surface area contributed by atoms with Crippen molar-refractivity contribution < 1.29 is 9.21 Å². The lowest BCUT2D eigenvalue weighted by Crippen LogP contribution is -2.33. The Hall–Kier alpha value is -1.83. The fourth-order valence-corrected chi connectivity index (χ4v) is 0.969. The van der Waals surface area contributed by atoms with E-state index in [4.69, 9.17) is 9.68 Å². The molecule has 1 atom stereocenters. The van der Waals surface area contributed by atoms with Crippen LogP contribution >= 0.6 is 0 Å². The predicted molar refractivity (Wildman–Crippen MR) is 48.4 cm³/mol. The second-order valence-electron chi connectivity index (χ2n) is 2.83. The molecule has 0 spiro atoms. The molecule has 0 saturated heterocycles. The highest BCUT2D eigenvalue weighted by molar-refractivity contribution is 5.92. The summed E-state index contributed by atoms with van der Waals surface area (Å²) in [6, 6.07) is 1.49. The van der Waals surface area contributed by atoms with Crippen molar-refractivity contribution in [1.29, 1.82) is 5.26 Å². The highest BCUT2D eigenvalue weighted by Crippen LogP contribution is 2.05. The minimum Gasteiger partial charge on any atom is -0.438 e. The summed E-state index contributed by atoms with van der Waals surface area (Å²) in [5.41, 5.74) is 0.523. The minimum absolute atomic E-state index is 0.165. The Labute approximate surface area is 81.7 Å². The average Bonchev–Trinajstić information content (AvgIpc) is 2.60. The summed E-state index contributed by atoms with van der Waals surface area (Å²) in [5, 5.41) is 11.2. The van der Waals surface area contributed by atoms with Crippen molar-refractivity contribution in [1.82, 2.24) is 10.3 Å². The number of nitrogens with zero attached hydrogens (tertiary/aromatic N) is 2. The molecule has 1 amide bonds. The molecule has 0 aliphatic heterocycles. The first-order valence-electron chi connectivity index (χ1n) is 4.29. The number of nitriles is 1. The van der Waals surface area contributed by atoms with Crippen molar-refractivity contribution in [2.24, 2.45) is 0 Å². The van der Waals surface area contributed by atoms with E-state index in [9.17, 15) is 4.79 Å². The van der Waals surface area contributed by atoms with Crippen molar-refractivity contribution >= 4 is 5.91 Å². The topological polar surface area (TPSA) is 78.9 Å². The summed E-state index contributed by atoms with van der Waals surface area (Å²) in [5.74, 6) is -0.230. The highest BCUT2D eigenvalue weighted by Gasteiger charge is 2.16. The predicted octanol–water partition coefficient (Wildman–Crippen LogP) is 1.01. The average molecular weight is 193 g/mol. The van der Waals surface area contributed by atoms with E-state index < -0.39 is 11.9 Å². The fraction of sp³-hybridized carbons (Fsp3) is 0.444. The van der Waals surface area contributed by atoms with Crippen molar-refractivity contribution in [3.63, 3.8) is 0 Å². The van der Waals surface area contributed by atoms with Crippen LogP contribution in [0.15, 0.2) is 10.8 Å². The van der Waals surface area contributed by atoms with Gasteiger partial charge in [-0.3, -0.25) is 4.79 Å². The van der Waals surface area contributed by atoms with Crippen molar-refractivity contribution in [2.75, 3.05) is 0 Å². The maximum atomic E-state index is 11.5. The third kappa shape index (κ3) is 2.10. The summed E-state index contributed by atoms with van der Waals surface area (Å²) in [6.07, 6.45) is 1.77. The zero-order chi connectivity index (χ0) is 10.6. The van der Waals surface area contributed by atoms with Crippen LogP contribution in [0.5, 0.6) is 0 Å². The van der Waals surface area contributed by atoms with E-state index in [0.717, 1.165) is 0 Å². The first-order chi connectivity index (χ1) is 6.69. The van der Waals surface area contributed by atoms with E-state index in [2.05, 4.69) is 10.3 Å². The van der Waals surface area contributed by atoms with E-state index in [0.29, 0.717) is 12.1 Å². The van der Waals surface area contributed by atoms with Crippen LogP contribution in [0.1, 0.15) is 29.6 Å². The van der Waals surface area contributed by atoms with Gasteiger partial charge in [-0.2, -0.15) is 5.26 Å². The summed E-state index contributed by atoms with van der Waals surface area (Å²) < 4.78 is 4.88. The molecule has 74 valence electrons. The molecule has 0 aromatic carbocycles. The number of amides is 1. The second-order valence-corrected chi connectivity index (χ2v) is 2.83. The van der Waals surface area contributed by atoms with Crippen LogP contribution in [0.2, 0.25) is 0 Å². The number of rotatable bonds is 3. The first kappa shape index (κ1) is 10.3. The molecule has 1 aromatic rings. The van der Waals surface area contributed by atoms with Gasteiger partial charge in [-0.25, -0.2) is 4.98 Å². The number of aromatic nitrogens is 1. The van der Waals surface area contributed by atoms with Crippen LogP contribution in [-0.2, 0) is 0 Å². The molecule has 1 rings (SSSR count). The normalized spacial score (nSPS) is 11.8. The van der Waals surface area contributed by atoms with Crippen molar-refractivity contribution in [2.45, 2.75) is 26.3 Å². The number of nitrogens with one attached hydrogen (secondary N) is 1. The van der Waals surface area contributed by atoms with E-state index in [1.807, 2.05) is 13.0 Å². The highest BCUT2D eigenvalue weighted by atomic mass is 16.3. The Balaban J connectivity index is 2.69. The molecular weight excluding hydrogens is 182 g/mol. The number of hydrogen-bond donors (Lipinski definition) is 1. The lowest BCUT2D eigenvalue weighted by atomic mass is 10.2. The third-order valence-corrected chi connectivity index (χ3v) is 1.82. The largest absolute Gasteiger partial charge is 0.438 e. The van der Waals surface area contributed by atoms with E-state index in [1.165, 1.54) is 6.39 Å². The van der Waals surface area contributed by atoms with Gasteiger partial charge in [-0.05, 0) is 13.3 Å². The zero-order valence-electron chi connectivity index (χ0n) is 8.07. The number of oxazole rings is 1. The lowest BCUT2D eigenvalue weighted by Gasteiger charge is -2.06. The van der Waals surface area contributed by atoms with E-state index in [-0.39, 0.29) is 5.76 Å². The monoisotopic (exact) mass is 193 g/mol. The number of aryl methyl sites for hydroxylation is 1. The second kappa shape index (κ2) is 4.42. The van der Waals surface area contributed by atoms with Crippen LogP contribution in [-0.4, -0.2) is 16.9 Å². The summed E-state index contributed by atoms with van der Waals surface area (Å²) in [4.78, 5) is 15.2. The standard InChI is InChI=1S/C9H11N3O2/c1-3-7(4-10)12-9(13)8-6(2)11-5-14-8/h5,7H,3H2,1-2H3,(H,12,13). The van der Waals surface area contributed by atoms with Crippen LogP contribution in [0.3, 0.4) is 0 Å². The molecule has 0 aliphatic rings. The molecule has 5 heteroatoms. The Morgan fingerprint density at radius 3 is 3.00 bits per heavy atom. The molecule has 1 aromatic heterocycles. The fourth-order valence-electron chi connectivity index (χ4n) is 0.969. The third-order valence-electron chi connectivity index (χ3n) is 1.82. The van der Waals surface area contributed by atoms with Crippen molar-refractivity contribution in [3.05, 3.63) is 17.8 Å². The van der Waals surface area contributed by atoms with Crippen LogP contribution < -0.4 is 5.32 Å². The summed E-state index contributed by atoms with van der Waals surface area (Å²) >= 11 is 0. The minimum atomic E-state index is -0.480. The summed E-state index contributed by atoms with van der Waals surface area (Å²) in [7, 11) is 0. The quantitative estimate of drug-likeness (QED) is 0.777. The van der Waals surface area contributed by atoms with Gasteiger partial charge in [0.2, 0.25) is 5.76 Å². The summed E-state index contributed by atoms with van der Waals surface area (Å²) in [6.45, 7) is 3.49. The Bertz CT molecular complexity index is 364. The molecule has 0 fully saturated rings. The number of hydrogen-bond acceptors (Lipinski definition) is 4. The molecule has 0 saturated carbocycles. The molecule has 1 heterocycles. The Morgan fingerprint density at radius 1 is 1.86 bits per heavy atom. The maximum absolute atomic E-state index is 11.5. The smallest absolute Gasteiger partial charge is 0.290 e. The molecular formula is C9H11N3O2. The van der Waals surface area contributed by atoms with Gasteiger partial charge >= 0.3 is 0 Å². The van der Waals surface area contributed by atoms with Crippen LogP contribution in [0, 0.1) is 18.3 Å². The van der Waals surface area contributed by atoms with Gasteiger partial charge in [0, 0.05) is 0 Å². The van der Waals surface area contributed by atoms with Crippen LogP contribution in [0.25, 0.3) is 0 Å². The Morgan fingerprint density at radius 2 is 2.57 bits per heavy atom.